The van der Waals surface area contributed by atoms with E-state index in [-0.39, 0.29) is 11.5 Å². The third-order valence-corrected chi connectivity index (χ3v) is 2.83. The Bertz CT molecular complexity index is 678. The molecule has 0 spiro atoms. The lowest BCUT2D eigenvalue weighted by Crippen LogP contribution is -2.05. The Labute approximate surface area is 118 Å². The molecule has 1 aromatic carbocycles. The number of nitrogens with two attached hydrogens (primary N) is 1. The summed E-state index contributed by atoms with van der Waals surface area (Å²) in [5.41, 5.74) is 5.66. The van der Waals surface area contributed by atoms with Crippen LogP contribution in [-0.2, 0) is 6.42 Å². The van der Waals surface area contributed by atoms with E-state index < -0.39 is 21.2 Å². The Balaban J connectivity index is 2.63. The number of hydrogen-bond acceptors (Lipinski definition) is 7. The number of nitrogens with zero attached hydrogens (tertiary/aromatic N) is 5. The van der Waals surface area contributed by atoms with Gasteiger partial charge in [-0.3, -0.25) is 20.2 Å². The molecule has 0 atom stereocenters. The van der Waals surface area contributed by atoms with Gasteiger partial charge in [0.25, 0.3) is 11.4 Å². The fraction of sp³-hybridized carbons (Fsp3) is 0.273. The van der Waals surface area contributed by atoms with Crippen LogP contribution in [0.3, 0.4) is 0 Å². The van der Waals surface area contributed by atoms with Crippen molar-refractivity contribution < 1.29 is 9.85 Å². The molecule has 0 bridgehead atoms. The van der Waals surface area contributed by atoms with E-state index in [2.05, 4.69) is 10.3 Å². The van der Waals surface area contributed by atoms with E-state index in [1.807, 2.05) is 6.92 Å². The van der Waals surface area contributed by atoms with Gasteiger partial charge < -0.3 is 5.73 Å². The van der Waals surface area contributed by atoms with Crippen LogP contribution in [0.4, 0.5) is 17.2 Å². The van der Waals surface area contributed by atoms with Gasteiger partial charge in [-0.1, -0.05) is 18.6 Å². The number of hydrogen-bond donors (Lipinski definition) is 1. The van der Waals surface area contributed by atoms with Gasteiger partial charge in [0.1, 0.15) is 0 Å². The molecule has 0 fully saturated rings. The molecule has 0 radical (unpaired) electrons. The summed E-state index contributed by atoms with van der Waals surface area (Å²) < 4.78 is 1.29. The molecular formula is C11H12N6O4. The number of rotatable bonds is 5. The van der Waals surface area contributed by atoms with Crippen LogP contribution in [0.5, 0.6) is 0 Å². The molecule has 1 aromatic heterocycles. The molecule has 0 saturated carbocycles. The molecule has 0 unspecified atom stereocenters. The van der Waals surface area contributed by atoms with Gasteiger partial charge in [-0.2, -0.15) is 0 Å². The predicted octanol–water partition coefficient (Wildman–Crippen LogP) is 1.62. The van der Waals surface area contributed by atoms with Crippen LogP contribution in [0, 0.1) is 20.2 Å². The fourth-order valence-electron chi connectivity index (χ4n) is 1.90. The molecular weight excluding hydrogens is 280 g/mol. The second kappa shape index (κ2) is 5.53. The molecule has 2 rings (SSSR count). The summed E-state index contributed by atoms with van der Waals surface area (Å²) in [5, 5.41) is 29.3. The first-order chi connectivity index (χ1) is 9.93. The topological polar surface area (TPSA) is 143 Å². The molecule has 0 aliphatic heterocycles. The molecule has 0 aliphatic carbocycles. The number of aromatic nitrogens is 3. The Hall–Kier alpha value is -3.04. The maximum absolute atomic E-state index is 10.9. The first kappa shape index (κ1) is 14.4. The maximum atomic E-state index is 10.9. The quantitative estimate of drug-likeness (QED) is 0.651. The van der Waals surface area contributed by atoms with Gasteiger partial charge in [0.05, 0.1) is 27.3 Å². The normalized spacial score (nSPS) is 10.5. The van der Waals surface area contributed by atoms with Gasteiger partial charge in [0, 0.05) is 12.1 Å². The molecule has 2 aromatic rings. The van der Waals surface area contributed by atoms with Crippen LogP contribution in [-0.4, -0.2) is 24.8 Å². The zero-order chi connectivity index (χ0) is 15.6. The van der Waals surface area contributed by atoms with E-state index in [0.29, 0.717) is 12.1 Å². The van der Waals surface area contributed by atoms with E-state index in [9.17, 15) is 20.2 Å². The third-order valence-electron chi connectivity index (χ3n) is 2.83. The third kappa shape index (κ3) is 2.78. The average Bonchev–Trinajstić information content (AvgIpc) is 2.80. The Morgan fingerprint density at radius 3 is 2.24 bits per heavy atom. The molecule has 0 amide bonds. The molecule has 0 saturated heterocycles. The van der Waals surface area contributed by atoms with E-state index in [1.54, 1.807) is 0 Å². The summed E-state index contributed by atoms with van der Waals surface area (Å²) in [6, 6.07) is 3.28. The molecule has 2 N–H and O–H groups in total. The molecule has 10 heteroatoms. The smallest absolute Gasteiger partial charge is 0.278 e. The van der Waals surface area contributed by atoms with Crippen LogP contribution in [0.15, 0.2) is 18.2 Å². The van der Waals surface area contributed by atoms with Gasteiger partial charge >= 0.3 is 0 Å². The van der Waals surface area contributed by atoms with Gasteiger partial charge in [0.2, 0.25) is 0 Å². The van der Waals surface area contributed by atoms with Crippen molar-refractivity contribution in [2.75, 3.05) is 5.73 Å². The average molecular weight is 292 g/mol. The summed E-state index contributed by atoms with van der Waals surface area (Å²) in [5.74, 6) is 0.200. The van der Waals surface area contributed by atoms with Gasteiger partial charge in [0.15, 0.2) is 5.82 Å². The summed E-state index contributed by atoms with van der Waals surface area (Å²) in [6.45, 7) is 1.92. The first-order valence-electron chi connectivity index (χ1n) is 6.08. The first-order valence-corrected chi connectivity index (χ1v) is 6.08. The van der Waals surface area contributed by atoms with Crippen LogP contribution in [0.2, 0.25) is 0 Å². The number of nitro benzene ring substituents is 2. The minimum atomic E-state index is -0.698. The molecule has 21 heavy (non-hydrogen) atoms. The van der Waals surface area contributed by atoms with Crippen molar-refractivity contribution in [1.82, 2.24) is 15.0 Å². The van der Waals surface area contributed by atoms with Gasteiger partial charge in [-0.05, 0) is 6.42 Å². The lowest BCUT2D eigenvalue weighted by atomic mass is 10.2. The standard InChI is InChI=1S/C11H12N6O4/c1-2-3-10-11(12)13-14-15(10)7-4-8(16(18)19)6-9(5-7)17(20)21/h4-6H,2-3,12H2,1H3. The number of nitro groups is 2. The highest BCUT2D eigenvalue weighted by Crippen LogP contribution is 2.26. The maximum Gasteiger partial charge on any atom is 0.278 e. The zero-order valence-corrected chi connectivity index (χ0v) is 11.1. The molecule has 1 heterocycles. The minimum Gasteiger partial charge on any atom is -0.381 e. The summed E-state index contributed by atoms with van der Waals surface area (Å²) in [6.07, 6.45) is 1.31. The van der Waals surface area contributed by atoms with Gasteiger partial charge in [-0.15, -0.1) is 5.10 Å². The molecule has 10 nitrogen and oxygen atoms in total. The van der Waals surface area contributed by atoms with Crippen molar-refractivity contribution in [2.45, 2.75) is 19.8 Å². The summed E-state index contributed by atoms with van der Waals surface area (Å²) in [4.78, 5) is 20.4. The predicted molar refractivity (Wildman–Crippen MR) is 73.1 cm³/mol. The van der Waals surface area contributed by atoms with E-state index in [4.69, 9.17) is 5.73 Å². The lowest BCUT2D eigenvalue weighted by Gasteiger charge is -2.06. The second-order valence-electron chi connectivity index (χ2n) is 4.31. The highest BCUT2D eigenvalue weighted by molar-refractivity contribution is 5.54. The largest absolute Gasteiger partial charge is 0.381 e. The van der Waals surface area contributed by atoms with Crippen molar-refractivity contribution in [3.8, 4) is 5.69 Å². The van der Waals surface area contributed by atoms with Gasteiger partial charge in [-0.25, -0.2) is 4.68 Å². The highest BCUT2D eigenvalue weighted by Gasteiger charge is 2.20. The summed E-state index contributed by atoms with van der Waals surface area (Å²) in [7, 11) is 0. The fourth-order valence-corrected chi connectivity index (χ4v) is 1.90. The van der Waals surface area contributed by atoms with Crippen LogP contribution < -0.4 is 5.73 Å². The van der Waals surface area contributed by atoms with E-state index in [1.165, 1.54) is 16.8 Å². The highest BCUT2D eigenvalue weighted by atomic mass is 16.6. The number of benzene rings is 1. The van der Waals surface area contributed by atoms with E-state index >= 15 is 0 Å². The number of nitrogen functional groups attached to an aromatic ring is 1. The van der Waals surface area contributed by atoms with Crippen molar-refractivity contribution in [3.63, 3.8) is 0 Å². The Morgan fingerprint density at radius 2 is 1.76 bits per heavy atom. The van der Waals surface area contributed by atoms with Crippen molar-refractivity contribution in [2.24, 2.45) is 0 Å². The monoisotopic (exact) mass is 292 g/mol. The van der Waals surface area contributed by atoms with Crippen molar-refractivity contribution in [3.05, 3.63) is 44.1 Å². The van der Waals surface area contributed by atoms with Crippen molar-refractivity contribution in [1.29, 1.82) is 0 Å². The molecule has 0 aliphatic rings. The Morgan fingerprint density at radius 1 is 1.19 bits per heavy atom. The van der Waals surface area contributed by atoms with Crippen LogP contribution >= 0.6 is 0 Å². The summed E-state index contributed by atoms with van der Waals surface area (Å²) >= 11 is 0. The minimum absolute atomic E-state index is 0.184. The zero-order valence-electron chi connectivity index (χ0n) is 11.1. The number of anilines is 1. The van der Waals surface area contributed by atoms with Crippen LogP contribution in [0.25, 0.3) is 5.69 Å². The Kier molecular flexibility index (Phi) is 3.78. The second-order valence-corrected chi connectivity index (χ2v) is 4.31. The SMILES string of the molecule is CCCc1c(N)nnn1-c1cc([N+](=O)[O-])cc([N+](=O)[O-])c1. The van der Waals surface area contributed by atoms with Crippen molar-refractivity contribution >= 4 is 17.2 Å². The number of non-ortho nitro benzene ring substituents is 2. The van der Waals surface area contributed by atoms with Crippen LogP contribution in [0.1, 0.15) is 19.0 Å². The van der Waals surface area contributed by atoms with E-state index in [0.717, 1.165) is 12.5 Å². The lowest BCUT2D eigenvalue weighted by molar-refractivity contribution is -0.394. The molecule has 110 valence electrons.